The molecule has 1 aliphatic rings. The molecule has 0 saturated carbocycles. The van der Waals surface area contributed by atoms with Crippen LogP contribution in [0.3, 0.4) is 0 Å². The van der Waals surface area contributed by atoms with E-state index in [2.05, 4.69) is 10.6 Å². The van der Waals surface area contributed by atoms with Gasteiger partial charge in [-0.2, -0.15) is 0 Å². The number of nitrogens with one attached hydrogen (secondary N) is 2. The second kappa shape index (κ2) is 8.78. The molecule has 0 aromatic heterocycles. The number of anilines is 2. The van der Waals surface area contributed by atoms with E-state index in [0.29, 0.717) is 10.7 Å². The zero-order chi connectivity index (χ0) is 22.0. The summed E-state index contributed by atoms with van der Waals surface area (Å²) in [5, 5.41) is 7.95. The number of rotatable bonds is 5. The van der Waals surface area contributed by atoms with E-state index in [1.165, 1.54) is 0 Å². The lowest BCUT2D eigenvalue weighted by molar-refractivity contribution is -0.127. The molecule has 1 saturated heterocycles. The van der Waals surface area contributed by atoms with Gasteiger partial charge in [-0.15, -0.1) is 0 Å². The third-order valence-electron chi connectivity index (χ3n) is 5.52. The summed E-state index contributed by atoms with van der Waals surface area (Å²) in [5.74, 6) is -1.27. The Bertz CT molecular complexity index is 1170. The van der Waals surface area contributed by atoms with Crippen molar-refractivity contribution < 1.29 is 14.4 Å². The molecule has 31 heavy (non-hydrogen) atoms. The van der Waals surface area contributed by atoms with E-state index in [4.69, 9.17) is 11.6 Å². The van der Waals surface area contributed by atoms with Gasteiger partial charge in [0.1, 0.15) is 0 Å². The Morgan fingerprint density at radius 3 is 2.65 bits per heavy atom. The standard InChI is InChI=1S/C24H22ClN3O3/c1-15-19(25)9-5-10-20(15)27-22(29)13-26-24(31)17-12-23(30)28(14-17)21-11-4-7-16-6-2-3-8-18(16)21/h2-11,17H,12-14H2,1H3,(H,26,31)(H,27,29)/t17-/m1/s1. The summed E-state index contributed by atoms with van der Waals surface area (Å²) in [6, 6.07) is 18.9. The maximum atomic E-state index is 12.6. The molecule has 0 unspecified atom stereocenters. The molecule has 1 atom stereocenters. The van der Waals surface area contributed by atoms with Crippen molar-refractivity contribution in [1.29, 1.82) is 0 Å². The van der Waals surface area contributed by atoms with E-state index in [1.54, 1.807) is 23.1 Å². The van der Waals surface area contributed by atoms with Crippen LogP contribution >= 0.6 is 11.6 Å². The van der Waals surface area contributed by atoms with Crippen molar-refractivity contribution in [3.8, 4) is 0 Å². The highest BCUT2D eigenvalue weighted by Gasteiger charge is 2.35. The first-order chi connectivity index (χ1) is 14.9. The average molecular weight is 436 g/mol. The van der Waals surface area contributed by atoms with Crippen molar-refractivity contribution >= 4 is 51.5 Å². The summed E-state index contributed by atoms with van der Waals surface area (Å²) in [6.45, 7) is 1.92. The van der Waals surface area contributed by atoms with Crippen LogP contribution in [0.1, 0.15) is 12.0 Å². The number of benzene rings is 3. The number of fused-ring (bicyclic) bond motifs is 1. The van der Waals surface area contributed by atoms with Crippen molar-refractivity contribution in [2.24, 2.45) is 5.92 Å². The maximum Gasteiger partial charge on any atom is 0.243 e. The molecule has 3 aromatic carbocycles. The number of hydrogen-bond donors (Lipinski definition) is 2. The van der Waals surface area contributed by atoms with E-state index in [1.807, 2.05) is 49.4 Å². The van der Waals surface area contributed by atoms with Gasteiger partial charge in [-0.05, 0) is 36.1 Å². The smallest absolute Gasteiger partial charge is 0.243 e. The van der Waals surface area contributed by atoms with Crippen LogP contribution < -0.4 is 15.5 Å². The molecule has 3 amide bonds. The Morgan fingerprint density at radius 2 is 1.81 bits per heavy atom. The van der Waals surface area contributed by atoms with Crippen molar-refractivity contribution in [1.82, 2.24) is 5.32 Å². The molecule has 7 heteroatoms. The van der Waals surface area contributed by atoms with Crippen LogP contribution in [0.15, 0.2) is 60.7 Å². The molecule has 1 heterocycles. The molecular formula is C24H22ClN3O3. The molecule has 2 N–H and O–H groups in total. The Kier molecular flexibility index (Phi) is 5.91. The fraction of sp³-hybridized carbons (Fsp3) is 0.208. The molecule has 158 valence electrons. The Morgan fingerprint density at radius 1 is 1.06 bits per heavy atom. The van der Waals surface area contributed by atoms with Crippen LogP contribution in [0.2, 0.25) is 5.02 Å². The lowest BCUT2D eigenvalue weighted by Crippen LogP contribution is -2.38. The number of halogens is 1. The lowest BCUT2D eigenvalue weighted by Gasteiger charge is -2.19. The van der Waals surface area contributed by atoms with Gasteiger partial charge in [0.25, 0.3) is 0 Å². The number of hydrogen-bond acceptors (Lipinski definition) is 3. The molecule has 0 radical (unpaired) electrons. The molecular weight excluding hydrogens is 414 g/mol. The summed E-state index contributed by atoms with van der Waals surface area (Å²) in [5.41, 5.74) is 2.16. The molecule has 6 nitrogen and oxygen atoms in total. The SMILES string of the molecule is Cc1c(Cl)cccc1NC(=O)CNC(=O)[C@@H]1CC(=O)N(c2cccc3ccccc23)C1. The second-order valence-electron chi connectivity index (χ2n) is 7.58. The van der Waals surface area contributed by atoms with E-state index in [0.717, 1.165) is 22.0 Å². The molecule has 1 fully saturated rings. The van der Waals surface area contributed by atoms with Crippen LogP contribution in [-0.4, -0.2) is 30.8 Å². The van der Waals surface area contributed by atoms with E-state index >= 15 is 0 Å². The number of amides is 3. The Hall–Kier alpha value is -3.38. The largest absolute Gasteiger partial charge is 0.347 e. The maximum absolute atomic E-state index is 12.6. The highest BCUT2D eigenvalue weighted by Crippen LogP contribution is 2.31. The predicted molar refractivity (Wildman–Crippen MR) is 122 cm³/mol. The fourth-order valence-electron chi connectivity index (χ4n) is 3.81. The summed E-state index contributed by atoms with van der Waals surface area (Å²) in [6.07, 6.45) is 0.115. The van der Waals surface area contributed by atoms with Crippen LogP contribution in [0, 0.1) is 12.8 Å². The summed E-state index contributed by atoms with van der Waals surface area (Å²) < 4.78 is 0. The molecule has 0 bridgehead atoms. The van der Waals surface area contributed by atoms with Crippen molar-refractivity contribution in [3.63, 3.8) is 0 Å². The van der Waals surface area contributed by atoms with Crippen LogP contribution in [0.25, 0.3) is 10.8 Å². The van der Waals surface area contributed by atoms with Crippen molar-refractivity contribution in [2.45, 2.75) is 13.3 Å². The zero-order valence-electron chi connectivity index (χ0n) is 17.0. The highest BCUT2D eigenvalue weighted by molar-refractivity contribution is 6.31. The van der Waals surface area contributed by atoms with Crippen molar-refractivity contribution in [3.05, 3.63) is 71.2 Å². The first-order valence-electron chi connectivity index (χ1n) is 10.0. The van der Waals surface area contributed by atoms with Crippen LogP contribution in [0.4, 0.5) is 11.4 Å². The summed E-state index contributed by atoms with van der Waals surface area (Å²) in [4.78, 5) is 39.2. The number of nitrogens with zero attached hydrogens (tertiary/aromatic N) is 1. The van der Waals surface area contributed by atoms with Gasteiger partial charge in [-0.1, -0.05) is 54.1 Å². The van der Waals surface area contributed by atoms with Gasteiger partial charge in [-0.25, -0.2) is 0 Å². The molecule has 1 aliphatic heterocycles. The number of carbonyl (C=O) groups excluding carboxylic acids is 3. The minimum Gasteiger partial charge on any atom is -0.347 e. The summed E-state index contributed by atoms with van der Waals surface area (Å²) in [7, 11) is 0. The lowest BCUT2D eigenvalue weighted by atomic mass is 10.1. The first kappa shape index (κ1) is 20.9. The van der Waals surface area contributed by atoms with Gasteiger partial charge >= 0.3 is 0 Å². The monoisotopic (exact) mass is 435 g/mol. The quantitative estimate of drug-likeness (QED) is 0.637. The molecule has 4 rings (SSSR count). The normalized spacial score (nSPS) is 15.9. The first-order valence-corrected chi connectivity index (χ1v) is 10.4. The minimum atomic E-state index is -0.507. The van der Waals surface area contributed by atoms with Gasteiger partial charge in [0, 0.05) is 29.1 Å². The fourth-order valence-corrected chi connectivity index (χ4v) is 3.98. The van der Waals surface area contributed by atoms with E-state index < -0.39 is 5.92 Å². The Labute approximate surface area is 185 Å². The third kappa shape index (κ3) is 4.39. The molecule has 0 aliphatic carbocycles. The van der Waals surface area contributed by atoms with E-state index in [9.17, 15) is 14.4 Å². The van der Waals surface area contributed by atoms with Gasteiger partial charge in [-0.3, -0.25) is 14.4 Å². The average Bonchev–Trinajstić information content (AvgIpc) is 3.16. The predicted octanol–water partition coefficient (Wildman–Crippen LogP) is 3.91. The van der Waals surface area contributed by atoms with Gasteiger partial charge in [0.05, 0.1) is 18.2 Å². The molecule has 3 aromatic rings. The van der Waals surface area contributed by atoms with Crippen LogP contribution in [0.5, 0.6) is 0 Å². The number of carbonyl (C=O) groups is 3. The zero-order valence-corrected chi connectivity index (χ0v) is 17.8. The second-order valence-corrected chi connectivity index (χ2v) is 7.99. The molecule has 0 spiro atoms. The Balaban J connectivity index is 1.38. The minimum absolute atomic E-state index is 0.101. The van der Waals surface area contributed by atoms with Gasteiger partial charge in [0.15, 0.2) is 0 Å². The topological polar surface area (TPSA) is 78.5 Å². The summed E-state index contributed by atoms with van der Waals surface area (Å²) >= 11 is 6.07. The van der Waals surface area contributed by atoms with Gasteiger partial charge < -0.3 is 15.5 Å². The third-order valence-corrected chi connectivity index (χ3v) is 5.93. The van der Waals surface area contributed by atoms with E-state index in [-0.39, 0.29) is 37.2 Å². The van der Waals surface area contributed by atoms with Crippen molar-refractivity contribution in [2.75, 3.05) is 23.3 Å². The van der Waals surface area contributed by atoms with Gasteiger partial charge in [0.2, 0.25) is 17.7 Å². The highest BCUT2D eigenvalue weighted by atomic mass is 35.5. The van der Waals surface area contributed by atoms with Crippen LogP contribution in [-0.2, 0) is 14.4 Å².